The van der Waals surface area contributed by atoms with Crippen molar-refractivity contribution in [2.24, 2.45) is 0 Å². The van der Waals surface area contributed by atoms with Crippen LogP contribution in [0.1, 0.15) is 28.8 Å². The fourth-order valence-electron chi connectivity index (χ4n) is 2.83. The van der Waals surface area contributed by atoms with Gasteiger partial charge in [-0.15, -0.1) is 0 Å². The van der Waals surface area contributed by atoms with Crippen molar-refractivity contribution >= 4 is 17.7 Å². The monoisotopic (exact) mass is 287 g/mol. The topological polar surface area (TPSA) is 20.3 Å². The average molecular weight is 287 g/mol. The van der Waals surface area contributed by atoms with Gasteiger partial charge in [-0.2, -0.15) is 0 Å². The van der Waals surface area contributed by atoms with Crippen LogP contribution in [0.3, 0.4) is 0 Å². The van der Waals surface area contributed by atoms with E-state index in [2.05, 4.69) is 0 Å². The lowest BCUT2D eigenvalue weighted by molar-refractivity contribution is 0.112. The van der Waals surface area contributed by atoms with E-state index in [0.29, 0.717) is 12.8 Å². The molecular weight excluding hydrogens is 272 g/mol. The Labute approximate surface area is 122 Å². The summed E-state index contributed by atoms with van der Waals surface area (Å²) >= 11 is 0. The predicted molar refractivity (Wildman–Crippen MR) is 78.1 cm³/mol. The molecule has 0 bridgehead atoms. The fourth-order valence-corrected chi connectivity index (χ4v) is 2.83. The second-order valence-electron chi connectivity index (χ2n) is 5.19. The van der Waals surface area contributed by atoms with E-state index in [1.165, 1.54) is 0 Å². The van der Waals surface area contributed by atoms with Gasteiger partial charge in [-0.1, -0.05) is 18.2 Å². The maximum atomic E-state index is 14.3. The van der Waals surface area contributed by atoms with Gasteiger partial charge in [0, 0.05) is 17.8 Å². The zero-order chi connectivity index (χ0) is 14.8. The summed E-state index contributed by atoms with van der Waals surface area (Å²) in [5, 5.41) is 0. The van der Waals surface area contributed by atoms with E-state index in [9.17, 15) is 13.6 Å². The molecule has 2 nitrogen and oxygen atoms in total. The first kappa shape index (κ1) is 13.7. The molecule has 1 aliphatic heterocycles. The Bertz CT molecular complexity index is 661. The van der Waals surface area contributed by atoms with E-state index in [1.54, 1.807) is 4.90 Å². The van der Waals surface area contributed by atoms with Crippen LogP contribution in [-0.2, 0) is 6.42 Å². The van der Waals surface area contributed by atoms with E-state index < -0.39 is 11.6 Å². The first-order chi connectivity index (χ1) is 10.2. The van der Waals surface area contributed by atoms with Crippen molar-refractivity contribution < 1.29 is 13.6 Å². The Morgan fingerprint density at radius 3 is 2.48 bits per heavy atom. The number of hydrogen-bond acceptors (Lipinski definition) is 2. The number of fused-ring (bicyclic) bond motifs is 1. The molecule has 0 atom stereocenters. The molecule has 0 fully saturated rings. The minimum absolute atomic E-state index is 0.0110. The van der Waals surface area contributed by atoms with Gasteiger partial charge in [0.05, 0.1) is 0 Å². The molecule has 0 N–H and O–H groups in total. The van der Waals surface area contributed by atoms with Crippen LogP contribution >= 0.6 is 0 Å². The molecule has 0 amide bonds. The highest BCUT2D eigenvalue weighted by atomic mass is 19.1. The van der Waals surface area contributed by atoms with Crippen molar-refractivity contribution in [2.75, 3.05) is 11.4 Å². The summed E-state index contributed by atoms with van der Waals surface area (Å²) in [5.74, 6) is -1.40. The SMILES string of the molecule is O=Cc1cc(F)c(N2CCCCc3ccccc32)c(F)c1. The van der Waals surface area contributed by atoms with Crippen molar-refractivity contribution in [3.05, 3.63) is 59.2 Å². The van der Waals surface area contributed by atoms with Crippen molar-refractivity contribution in [1.29, 1.82) is 0 Å². The van der Waals surface area contributed by atoms with Crippen LogP contribution in [0.5, 0.6) is 0 Å². The molecule has 1 heterocycles. The number of aldehydes is 1. The number of carbonyl (C=O) groups is 1. The van der Waals surface area contributed by atoms with E-state index in [4.69, 9.17) is 0 Å². The van der Waals surface area contributed by atoms with Crippen LogP contribution in [0.25, 0.3) is 0 Å². The molecule has 21 heavy (non-hydrogen) atoms. The molecule has 2 aromatic rings. The zero-order valence-electron chi connectivity index (χ0n) is 11.5. The highest BCUT2D eigenvalue weighted by molar-refractivity contribution is 5.77. The Morgan fingerprint density at radius 2 is 1.76 bits per heavy atom. The second kappa shape index (κ2) is 5.64. The third-order valence-electron chi connectivity index (χ3n) is 3.81. The summed E-state index contributed by atoms with van der Waals surface area (Å²) in [7, 11) is 0. The fraction of sp³-hybridized carbons (Fsp3) is 0.235. The first-order valence-electron chi connectivity index (χ1n) is 7.00. The van der Waals surface area contributed by atoms with Gasteiger partial charge < -0.3 is 4.90 Å². The first-order valence-corrected chi connectivity index (χ1v) is 7.00. The molecule has 0 saturated carbocycles. The molecule has 108 valence electrons. The van der Waals surface area contributed by atoms with Crippen LogP contribution in [0.4, 0.5) is 20.2 Å². The normalized spacial score (nSPS) is 14.5. The van der Waals surface area contributed by atoms with Crippen molar-refractivity contribution in [1.82, 2.24) is 0 Å². The number of halogens is 2. The highest BCUT2D eigenvalue weighted by Crippen LogP contribution is 2.35. The summed E-state index contributed by atoms with van der Waals surface area (Å²) in [6.07, 6.45) is 3.21. The Balaban J connectivity index is 2.14. The maximum Gasteiger partial charge on any atom is 0.150 e. The van der Waals surface area contributed by atoms with Gasteiger partial charge in [-0.3, -0.25) is 4.79 Å². The van der Waals surface area contributed by atoms with Crippen LogP contribution in [0.2, 0.25) is 0 Å². The predicted octanol–water partition coefficient (Wildman–Crippen LogP) is 4.25. The van der Waals surface area contributed by atoms with Gasteiger partial charge in [0.25, 0.3) is 0 Å². The summed E-state index contributed by atoms with van der Waals surface area (Å²) in [5.41, 5.74) is 1.87. The number of anilines is 2. The molecule has 4 heteroatoms. The number of para-hydroxylation sites is 1. The number of aryl methyl sites for hydroxylation is 1. The number of rotatable bonds is 2. The second-order valence-corrected chi connectivity index (χ2v) is 5.19. The van der Waals surface area contributed by atoms with Crippen molar-refractivity contribution in [3.8, 4) is 0 Å². The summed E-state index contributed by atoms with van der Waals surface area (Å²) in [6, 6.07) is 9.84. The molecule has 0 radical (unpaired) electrons. The van der Waals surface area contributed by atoms with Gasteiger partial charge in [0.2, 0.25) is 0 Å². The molecule has 1 aliphatic rings. The zero-order valence-corrected chi connectivity index (χ0v) is 11.5. The number of benzene rings is 2. The molecule has 0 aliphatic carbocycles. The van der Waals surface area contributed by atoms with Crippen molar-refractivity contribution in [2.45, 2.75) is 19.3 Å². The maximum absolute atomic E-state index is 14.3. The Hall–Kier alpha value is -2.23. The molecule has 3 rings (SSSR count). The lowest BCUT2D eigenvalue weighted by atomic mass is 10.1. The van der Waals surface area contributed by atoms with Crippen LogP contribution in [-0.4, -0.2) is 12.8 Å². The quantitative estimate of drug-likeness (QED) is 0.769. The number of carbonyl (C=O) groups excluding carboxylic acids is 1. The molecule has 0 saturated heterocycles. The van der Waals surface area contributed by atoms with Crippen LogP contribution in [0.15, 0.2) is 36.4 Å². The summed E-state index contributed by atoms with van der Waals surface area (Å²) in [6.45, 7) is 0.561. The molecular formula is C17H15F2NO. The third-order valence-corrected chi connectivity index (χ3v) is 3.81. The smallest absolute Gasteiger partial charge is 0.150 e. The molecule has 2 aromatic carbocycles. The van der Waals surface area contributed by atoms with Crippen LogP contribution in [0, 0.1) is 11.6 Å². The Morgan fingerprint density at radius 1 is 1.05 bits per heavy atom. The van der Waals surface area contributed by atoms with E-state index >= 15 is 0 Å². The average Bonchev–Trinajstić information content (AvgIpc) is 2.69. The largest absolute Gasteiger partial charge is 0.336 e. The molecule has 0 aromatic heterocycles. The molecule has 0 spiro atoms. The van der Waals surface area contributed by atoms with Gasteiger partial charge in [-0.05, 0) is 43.0 Å². The van der Waals surface area contributed by atoms with Gasteiger partial charge in [0.1, 0.15) is 12.0 Å². The molecule has 0 unspecified atom stereocenters. The number of hydrogen-bond donors (Lipinski definition) is 0. The van der Waals surface area contributed by atoms with Gasteiger partial charge >= 0.3 is 0 Å². The van der Waals surface area contributed by atoms with Crippen LogP contribution < -0.4 is 4.90 Å². The lowest BCUT2D eigenvalue weighted by Crippen LogP contribution is -2.20. The summed E-state index contributed by atoms with van der Waals surface area (Å²) in [4.78, 5) is 12.4. The number of nitrogens with zero attached hydrogens (tertiary/aromatic N) is 1. The lowest BCUT2D eigenvalue weighted by Gasteiger charge is -2.26. The minimum Gasteiger partial charge on any atom is -0.336 e. The standard InChI is InChI=1S/C17H15F2NO/c18-14-9-12(11-21)10-15(19)17(14)20-8-4-3-6-13-5-1-2-7-16(13)20/h1-2,5,7,9-11H,3-4,6,8H2. The Kier molecular flexibility index (Phi) is 3.69. The van der Waals surface area contributed by atoms with E-state index in [1.807, 2.05) is 24.3 Å². The van der Waals surface area contributed by atoms with E-state index in [0.717, 1.165) is 42.6 Å². The highest BCUT2D eigenvalue weighted by Gasteiger charge is 2.23. The van der Waals surface area contributed by atoms with Crippen molar-refractivity contribution in [3.63, 3.8) is 0 Å². The van der Waals surface area contributed by atoms with Gasteiger partial charge in [0.15, 0.2) is 11.6 Å². The third kappa shape index (κ3) is 2.53. The minimum atomic E-state index is -0.700. The summed E-state index contributed by atoms with van der Waals surface area (Å²) < 4.78 is 28.5. The van der Waals surface area contributed by atoms with Gasteiger partial charge in [-0.25, -0.2) is 8.78 Å². The van der Waals surface area contributed by atoms with E-state index in [-0.39, 0.29) is 11.3 Å².